The molecule has 0 aliphatic heterocycles. The van der Waals surface area contributed by atoms with Crippen LogP contribution < -0.4 is 5.32 Å². The first-order valence-electron chi connectivity index (χ1n) is 7.35. The van der Waals surface area contributed by atoms with Gasteiger partial charge in [0.25, 0.3) is 0 Å². The molecule has 0 spiro atoms. The van der Waals surface area contributed by atoms with Crippen molar-refractivity contribution >= 4 is 40.0 Å². The molecule has 0 atom stereocenters. The fourth-order valence-electron chi connectivity index (χ4n) is 2.05. The molecule has 1 N–H and O–H groups in total. The third-order valence-corrected chi connectivity index (χ3v) is 5.54. The Morgan fingerprint density at radius 2 is 2.12 bits per heavy atom. The molecule has 9 heteroatoms. The van der Waals surface area contributed by atoms with Crippen LogP contribution in [-0.4, -0.2) is 39.5 Å². The van der Waals surface area contributed by atoms with Gasteiger partial charge in [0.15, 0.2) is 5.16 Å². The molecular formula is C15H20N4O3S2. The topological polar surface area (TPSA) is 86.1 Å². The number of nitrogens with zero attached hydrogens (tertiary/aromatic N) is 3. The van der Waals surface area contributed by atoms with Crippen LogP contribution in [0.2, 0.25) is 0 Å². The number of amides is 1. The molecule has 24 heavy (non-hydrogen) atoms. The smallest absolute Gasteiger partial charge is 0.341 e. The number of aromatic nitrogens is 3. The number of anilines is 1. The van der Waals surface area contributed by atoms with Gasteiger partial charge in [0, 0.05) is 10.9 Å². The highest BCUT2D eigenvalue weighted by Gasteiger charge is 2.21. The summed E-state index contributed by atoms with van der Waals surface area (Å²) in [6.45, 7) is 7.79. The number of rotatable bonds is 6. The number of aryl methyl sites for hydroxylation is 1. The molecule has 0 aliphatic rings. The van der Waals surface area contributed by atoms with Crippen molar-refractivity contribution in [2.24, 2.45) is 0 Å². The molecular weight excluding hydrogens is 348 g/mol. The molecule has 0 aromatic carbocycles. The molecule has 0 saturated carbocycles. The average Bonchev–Trinajstić information content (AvgIpc) is 3.10. The lowest BCUT2D eigenvalue weighted by atomic mass is 10.1. The van der Waals surface area contributed by atoms with Crippen molar-refractivity contribution in [3.05, 3.63) is 22.3 Å². The van der Waals surface area contributed by atoms with Crippen LogP contribution in [0.5, 0.6) is 0 Å². The van der Waals surface area contributed by atoms with Gasteiger partial charge in [-0.1, -0.05) is 11.8 Å². The van der Waals surface area contributed by atoms with Gasteiger partial charge >= 0.3 is 5.97 Å². The fourth-order valence-corrected chi connectivity index (χ4v) is 3.95. The van der Waals surface area contributed by atoms with E-state index in [-0.39, 0.29) is 17.7 Å². The quantitative estimate of drug-likeness (QED) is 0.623. The van der Waals surface area contributed by atoms with Crippen LogP contribution in [0, 0.1) is 13.8 Å². The second kappa shape index (κ2) is 7.80. The van der Waals surface area contributed by atoms with Gasteiger partial charge in [-0.2, -0.15) is 0 Å². The van der Waals surface area contributed by atoms with Gasteiger partial charge in [-0.15, -0.1) is 21.5 Å². The number of esters is 1. The highest BCUT2D eigenvalue weighted by atomic mass is 32.2. The Morgan fingerprint density at radius 1 is 1.42 bits per heavy atom. The molecule has 0 unspecified atom stereocenters. The number of methoxy groups -OCH3 is 1. The molecule has 0 bridgehead atoms. The van der Waals surface area contributed by atoms with Gasteiger partial charge in [0.1, 0.15) is 11.3 Å². The summed E-state index contributed by atoms with van der Waals surface area (Å²) in [4.78, 5) is 25.1. The number of thioether (sulfide) groups is 1. The Hall–Kier alpha value is -1.87. The minimum atomic E-state index is -0.445. The molecule has 0 radical (unpaired) electrons. The predicted octanol–water partition coefficient (Wildman–Crippen LogP) is 3.05. The Labute approximate surface area is 148 Å². The summed E-state index contributed by atoms with van der Waals surface area (Å²) < 4.78 is 6.70. The van der Waals surface area contributed by atoms with Crippen molar-refractivity contribution < 1.29 is 14.3 Å². The maximum Gasteiger partial charge on any atom is 0.341 e. The number of hydrogen-bond acceptors (Lipinski definition) is 7. The normalized spacial score (nSPS) is 10.9. The lowest BCUT2D eigenvalue weighted by Crippen LogP contribution is -2.16. The molecule has 2 aromatic rings. The largest absolute Gasteiger partial charge is 0.465 e. The molecule has 7 nitrogen and oxygen atoms in total. The molecule has 2 heterocycles. The lowest BCUT2D eigenvalue weighted by Gasteiger charge is -2.09. The van der Waals surface area contributed by atoms with E-state index in [4.69, 9.17) is 4.74 Å². The molecule has 1 amide bonds. The second-order valence-electron chi connectivity index (χ2n) is 5.43. The first-order chi connectivity index (χ1) is 11.3. The fraction of sp³-hybridized carbons (Fsp3) is 0.467. The lowest BCUT2D eigenvalue weighted by molar-refractivity contribution is -0.113. The van der Waals surface area contributed by atoms with Crippen LogP contribution in [-0.2, 0) is 9.53 Å². The average molecular weight is 368 g/mol. The SMILES string of the molecule is COC(=O)c1c(NC(=O)CSc2nncn2C(C)C)sc(C)c1C. The van der Waals surface area contributed by atoms with Gasteiger partial charge in [0.05, 0.1) is 18.4 Å². The Bertz CT molecular complexity index is 752. The second-order valence-corrected chi connectivity index (χ2v) is 7.60. The van der Waals surface area contributed by atoms with Crippen LogP contribution in [0.3, 0.4) is 0 Å². The number of nitrogens with one attached hydrogen (secondary N) is 1. The van der Waals surface area contributed by atoms with E-state index in [0.29, 0.717) is 15.7 Å². The molecule has 0 saturated heterocycles. The summed E-state index contributed by atoms with van der Waals surface area (Å²) in [5.41, 5.74) is 1.25. The Morgan fingerprint density at radius 3 is 2.75 bits per heavy atom. The van der Waals surface area contributed by atoms with E-state index in [1.54, 1.807) is 6.33 Å². The van der Waals surface area contributed by atoms with Crippen molar-refractivity contribution in [1.29, 1.82) is 0 Å². The van der Waals surface area contributed by atoms with E-state index in [9.17, 15) is 9.59 Å². The van der Waals surface area contributed by atoms with Crippen molar-refractivity contribution in [2.45, 2.75) is 38.9 Å². The number of carbonyl (C=O) groups excluding carboxylic acids is 2. The highest BCUT2D eigenvalue weighted by molar-refractivity contribution is 7.99. The zero-order valence-corrected chi connectivity index (χ0v) is 15.9. The maximum atomic E-state index is 12.2. The summed E-state index contributed by atoms with van der Waals surface area (Å²) in [5, 5.41) is 11.9. The Kier molecular flexibility index (Phi) is 6.00. The van der Waals surface area contributed by atoms with Crippen molar-refractivity contribution in [2.75, 3.05) is 18.2 Å². The summed E-state index contributed by atoms with van der Waals surface area (Å²) in [6, 6.07) is 0.221. The monoisotopic (exact) mass is 368 g/mol. The van der Waals surface area contributed by atoms with Crippen LogP contribution in [0.1, 0.15) is 40.7 Å². The van der Waals surface area contributed by atoms with Gasteiger partial charge in [-0.05, 0) is 33.3 Å². The van der Waals surface area contributed by atoms with Crippen LogP contribution in [0.15, 0.2) is 11.5 Å². The molecule has 0 aliphatic carbocycles. The molecule has 2 rings (SSSR count). The van der Waals surface area contributed by atoms with Crippen molar-refractivity contribution in [3.8, 4) is 0 Å². The van der Waals surface area contributed by atoms with Crippen molar-refractivity contribution in [1.82, 2.24) is 14.8 Å². The van der Waals surface area contributed by atoms with Crippen LogP contribution in [0.4, 0.5) is 5.00 Å². The molecule has 0 fully saturated rings. The Balaban J connectivity index is 2.06. The number of thiophene rings is 1. The first kappa shape index (κ1) is 18.5. The van der Waals surface area contributed by atoms with E-state index < -0.39 is 5.97 Å². The van der Waals surface area contributed by atoms with Crippen molar-refractivity contribution in [3.63, 3.8) is 0 Å². The van der Waals surface area contributed by atoms with Crippen LogP contribution >= 0.6 is 23.1 Å². The maximum absolute atomic E-state index is 12.2. The summed E-state index contributed by atoms with van der Waals surface area (Å²) >= 11 is 2.68. The zero-order chi connectivity index (χ0) is 17.9. The molecule has 130 valence electrons. The molecule has 2 aromatic heterocycles. The summed E-state index contributed by atoms with van der Waals surface area (Å²) in [7, 11) is 1.33. The van der Waals surface area contributed by atoms with Gasteiger partial charge in [-0.25, -0.2) is 4.79 Å². The van der Waals surface area contributed by atoms with E-state index in [1.807, 2.05) is 32.3 Å². The van der Waals surface area contributed by atoms with E-state index >= 15 is 0 Å². The highest BCUT2D eigenvalue weighted by Crippen LogP contribution is 2.33. The van der Waals surface area contributed by atoms with Gasteiger partial charge < -0.3 is 14.6 Å². The van der Waals surface area contributed by atoms with Gasteiger partial charge in [-0.3, -0.25) is 4.79 Å². The summed E-state index contributed by atoms with van der Waals surface area (Å²) in [6.07, 6.45) is 1.65. The predicted molar refractivity (Wildman–Crippen MR) is 94.9 cm³/mol. The number of hydrogen-bond donors (Lipinski definition) is 1. The zero-order valence-electron chi connectivity index (χ0n) is 14.2. The third-order valence-electron chi connectivity index (χ3n) is 3.46. The minimum absolute atomic E-state index is 0.183. The summed E-state index contributed by atoms with van der Waals surface area (Å²) in [5.74, 6) is -0.466. The minimum Gasteiger partial charge on any atom is -0.465 e. The standard InChI is InChI=1S/C15H20N4O3S2/c1-8(2)19-7-16-18-15(19)23-6-11(20)17-13-12(14(21)22-5)9(3)10(4)24-13/h7-8H,6H2,1-5H3,(H,17,20). The van der Waals surface area contributed by atoms with E-state index in [2.05, 4.69) is 15.5 Å². The van der Waals surface area contributed by atoms with E-state index in [0.717, 1.165) is 10.4 Å². The van der Waals surface area contributed by atoms with E-state index in [1.165, 1.54) is 30.2 Å². The first-order valence-corrected chi connectivity index (χ1v) is 9.15. The number of carbonyl (C=O) groups is 2. The van der Waals surface area contributed by atoms with Crippen LogP contribution in [0.25, 0.3) is 0 Å². The number of ether oxygens (including phenoxy) is 1. The van der Waals surface area contributed by atoms with Gasteiger partial charge in [0.2, 0.25) is 5.91 Å². The third kappa shape index (κ3) is 3.96.